The van der Waals surface area contributed by atoms with Gasteiger partial charge in [0.25, 0.3) is 0 Å². The van der Waals surface area contributed by atoms with Gasteiger partial charge in [0.1, 0.15) is 5.65 Å². The van der Waals surface area contributed by atoms with E-state index >= 15 is 0 Å². The van der Waals surface area contributed by atoms with Crippen LogP contribution in [0.5, 0.6) is 0 Å². The van der Waals surface area contributed by atoms with Crippen molar-refractivity contribution in [1.29, 1.82) is 0 Å². The number of aromatic nitrogens is 2. The number of aromatic amines is 1. The molecule has 0 radical (unpaired) electrons. The average molecular weight is 260 g/mol. The lowest BCUT2D eigenvalue weighted by Crippen LogP contribution is -2.12. The van der Waals surface area contributed by atoms with Crippen molar-refractivity contribution in [3.63, 3.8) is 0 Å². The van der Waals surface area contributed by atoms with Gasteiger partial charge in [0.05, 0.1) is 0 Å². The van der Waals surface area contributed by atoms with E-state index in [2.05, 4.69) is 27.4 Å². The molecule has 0 amide bonds. The largest absolute Gasteiger partial charge is 0.342 e. The number of H-pyrrole nitrogens is 1. The molecule has 0 aliphatic carbocycles. The van der Waals surface area contributed by atoms with Crippen LogP contribution in [-0.4, -0.2) is 16.5 Å². The molecular weight excluding hydrogens is 245 g/mol. The van der Waals surface area contributed by atoms with Gasteiger partial charge in [-0.2, -0.15) is 0 Å². The molecule has 3 nitrogen and oxygen atoms in total. The first-order valence-electron chi connectivity index (χ1n) is 5.10. The number of fused-ring (bicyclic) bond motifs is 1. The monoisotopic (exact) mass is 259 g/mol. The third-order valence-electron chi connectivity index (χ3n) is 2.85. The first kappa shape index (κ1) is 13.3. The molecule has 2 N–H and O–H groups in total. The van der Waals surface area contributed by atoms with E-state index in [-0.39, 0.29) is 24.8 Å². The molecule has 1 saturated heterocycles. The quantitative estimate of drug-likeness (QED) is 0.827. The summed E-state index contributed by atoms with van der Waals surface area (Å²) in [6, 6.07) is 6.77. The van der Waals surface area contributed by atoms with E-state index in [0.717, 1.165) is 12.2 Å². The second-order valence-corrected chi connectivity index (χ2v) is 3.81. The molecule has 0 bridgehead atoms. The highest BCUT2D eigenvalue weighted by atomic mass is 35.5. The predicted octanol–water partition coefficient (Wildman–Crippen LogP) is 2.83. The van der Waals surface area contributed by atoms with Gasteiger partial charge in [-0.05, 0) is 37.6 Å². The second kappa shape index (κ2) is 5.53. The predicted molar refractivity (Wildman–Crippen MR) is 70.6 cm³/mol. The Morgan fingerprint density at radius 2 is 2.19 bits per heavy atom. The number of hydrogen-bond acceptors (Lipinski definition) is 2. The molecule has 0 spiro atoms. The van der Waals surface area contributed by atoms with E-state index in [4.69, 9.17) is 0 Å². The van der Waals surface area contributed by atoms with E-state index in [1.165, 1.54) is 23.9 Å². The number of halogens is 2. The molecule has 1 aliphatic rings. The summed E-state index contributed by atoms with van der Waals surface area (Å²) in [4.78, 5) is 7.65. The summed E-state index contributed by atoms with van der Waals surface area (Å²) in [5.41, 5.74) is 2.27. The number of nitrogens with one attached hydrogen (secondary N) is 2. The Kier molecular flexibility index (Phi) is 4.59. The fourth-order valence-electron chi connectivity index (χ4n) is 2.12. The summed E-state index contributed by atoms with van der Waals surface area (Å²) in [7, 11) is 0. The summed E-state index contributed by atoms with van der Waals surface area (Å²) in [6.45, 7) is 1.13. The Labute approximate surface area is 107 Å². The zero-order valence-corrected chi connectivity index (χ0v) is 10.4. The third-order valence-corrected chi connectivity index (χ3v) is 2.85. The van der Waals surface area contributed by atoms with Crippen molar-refractivity contribution in [2.24, 2.45) is 0 Å². The van der Waals surface area contributed by atoms with Crippen LogP contribution in [0.4, 0.5) is 0 Å². The third kappa shape index (κ3) is 2.32. The van der Waals surface area contributed by atoms with Crippen molar-refractivity contribution in [3.05, 3.63) is 30.1 Å². The van der Waals surface area contributed by atoms with E-state index in [1.807, 2.05) is 12.3 Å². The van der Waals surface area contributed by atoms with Crippen molar-refractivity contribution >= 4 is 35.8 Å². The summed E-state index contributed by atoms with van der Waals surface area (Å²) < 4.78 is 0. The molecule has 16 heavy (non-hydrogen) atoms. The zero-order chi connectivity index (χ0) is 9.38. The number of rotatable bonds is 1. The highest BCUT2D eigenvalue weighted by Crippen LogP contribution is 2.24. The lowest BCUT2D eigenvalue weighted by atomic mass is 10.1. The molecule has 1 atom stereocenters. The minimum Gasteiger partial charge on any atom is -0.342 e. The van der Waals surface area contributed by atoms with Crippen LogP contribution < -0.4 is 5.32 Å². The van der Waals surface area contributed by atoms with Gasteiger partial charge in [-0.1, -0.05) is 0 Å². The maximum absolute atomic E-state index is 4.29. The van der Waals surface area contributed by atoms with Gasteiger partial charge in [-0.3, -0.25) is 0 Å². The van der Waals surface area contributed by atoms with Crippen molar-refractivity contribution in [2.45, 2.75) is 18.9 Å². The molecule has 2 aromatic heterocycles. The van der Waals surface area contributed by atoms with Crippen molar-refractivity contribution in [1.82, 2.24) is 15.3 Å². The maximum Gasteiger partial charge on any atom is 0.137 e. The van der Waals surface area contributed by atoms with Crippen molar-refractivity contribution in [3.8, 4) is 0 Å². The Hall–Kier alpha value is -0.770. The van der Waals surface area contributed by atoms with E-state index in [0.29, 0.717) is 6.04 Å². The lowest BCUT2D eigenvalue weighted by molar-refractivity contribution is 0.633. The first-order valence-corrected chi connectivity index (χ1v) is 5.10. The van der Waals surface area contributed by atoms with Crippen LogP contribution >= 0.6 is 24.8 Å². The Balaban J connectivity index is 0.000000640. The molecule has 1 unspecified atom stereocenters. The molecule has 5 heteroatoms. The van der Waals surface area contributed by atoms with Gasteiger partial charge in [-0.25, -0.2) is 4.98 Å². The Morgan fingerprint density at radius 3 is 2.88 bits per heavy atom. The molecule has 1 fully saturated rings. The normalized spacial score (nSPS) is 19.1. The van der Waals surface area contributed by atoms with Crippen LogP contribution in [0.1, 0.15) is 24.6 Å². The smallest absolute Gasteiger partial charge is 0.137 e. The molecule has 1 aliphatic heterocycles. The summed E-state index contributed by atoms with van der Waals surface area (Å²) >= 11 is 0. The molecule has 3 heterocycles. The van der Waals surface area contributed by atoms with Gasteiger partial charge < -0.3 is 10.3 Å². The molecule has 3 rings (SSSR count). The molecular formula is C11H15Cl2N3. The second-order valence-electron chi connectivity index (χ2n) is 3.81. The summed E-state index contributed by atoms with van der Waals surface area (Å²) in [5.74, 6) is 0. The first-order chi connectivity index (χ1) is 6.93. The lowest BCUT2D eigenvalue weighted by Gasteiger charge is -2.05. The van der Waals surface area contributed by atoms with Crippen LogP contribution in [-0.2, 0) is 0 Å². The molecule has 0 aromatic carbocycles. The van der Waals surface area contributed by atoms with Crippen LogP contribution in [0, 0.1) is 0 Å². The topological polar surface area (TPSA) is 40.7 Å². The fourth-order valence-corrected chi connectivity index (χ4v) is 2.12. The van der Waals surface area contributed by atoms with Gasteiger partial charge >= 0.3 is 0 Å². The zero-order valence-electron chi connectivity index (χ0n) is 8.77. The van der Waals surface area contributed by atoms with Crippen LogP contribution in [0.3, 0.4) is 0 Å². The summed E-state index contributed by atoms with van der Waals surface area (Å²) in [5, 5.41) is 4.68. The standard InChI is InChI=1S/C11H13N3.2ClH/c1-3-8-7-10(9-4-2-5-12-9)14-11(8)13-6-1;;/h1,3,6-7,9,12H,2,4-5H2,(H,13,14);2*1H. The molecule has 0 saturated carbocycles. The van der Waals surface area contributed by atoms with Gasteiger partial charge in [0, 0.05) is 23.3 Å². The van der Waals surface area contributed by atoms with Gasteiger partial charge in [0.2, 0.25) is 0 Å². The number of hydrogen-bond donors (Lipinski definition) is 2. The Bertz CT molecular complexity index is 416. The van der Waals surface area contributed by atoms with E-state index in [1.54, 1.807) is 0 Å². The van der Waals surface area contributed by atoms with Crippen LogP contribution in [0.15, 0.2) is 24.4 Å². The van der Waals surface area contributed by atoms with Crippen molar-refractivity contribution < 1.29 is 0 Å². The molecule has 88 valence electrons. The minimum absolute atomic E-state index is 0. The average Bonchev–Trinajstić information content (AvgIpc) is 2.86. The van der Waals surface area contributed by atoms with Gasteiger partial charge in [0.15, 0.2) is 0 Å². The highest BCUT2D eigenvalue weighted by molar-refractivity contribution is 5.85. The van der Waals surface area contributed by atoms with Crippen LogP contribution in [0.2, 0.25) is 0 Å². The molecule has 2 aromatic rings. The van der Waals surface area contributed by atoms with E-state index in [9.17, 15) is 0 Å². The SMILES string of the molecule is Cl.Cl.c1cnc2[nH]c(C3CCCN3)cc2c1. The fraction of sp³-hybridized carbons (Fsp3) is 0.364. The van der Waals surface area contributed by atoms with Gasteiger partial charge in [-0.15, -0.1) is 24.8 Å². The van der Waals surface area contributed by atoms with E-state index < -0.39 is 0 Å². The summed E-state index contributed by atoms with van der Waals surface area (Å²) in [6.07, 6.45) is 4.32. The van der Waals surface area contributed by atoms with Crippen LogP contribution in [0.25, 0.3) is 11.0 Å². The highest BCUT2D eigenvalue weighted by Gasteiger charge is 2.17. The number of nitrogens with zero attached hydrogens (tertiary/aromatic N) is 1. The van der Waals surface area contributed by atoms with Crippen molar-refractivity contribution in [2.75, 3.05) is 6.54 Å². The Morgan fingerprint density at radius 1 is 1.31 bits per heavy atom. The minimum atomic E-state index is 0. The maximum atomic E-state index is 4.29. The number of pyridine rings is 1.